The predicted octanol–water partition coefficient (Wildman–Crippen LogP) is 0.535. The molecule has 1 saturated heterocycles. The molecule has 2 rings (SSSR count). The van der Waals surface area contributed by atoms with E-state index in [1.54, 1.807) is 0 Å². The largest absolute Gasteiger partial charge is 0.395 e. The van der Waals surface area contributed by atoms with Gasteiger partial charge >= 0.3 is 6.18 Å². The molecule has 0 spiro atoms. The molecule has 2 aliphatic rings. The number of ether oxygens (including phenoxy) is 1. The summed E-state index contributed by atoms with van der Waals surface area (Å²) in [6.45, 7) is 0.932. The molecule has 0 aromatic rings. The van der Waals surface area contributed by atoms with Crippen LogP contribution in [0.15, 0.2) is 0 Å². The summed E-state index contributed by atoms with van der Waals surface area (Å²) in [5, 5.41) is 2.77. The molecule has 1 aliphatic heterocycles. The van der Waals surface area contributed by atoms with Crippen LogP contribution in [-0.4, -0.2) is 31.5 Å². The zero-order chi connectivity index (χ0) is 8.06. The van der Waals surface area contributed by atoms with Crippen LogP contribution in [0.2, 0.25) is 0 Å². The van der Waals surface area contributed by atoms with Crippen molar-refractivity contribution in [2.45, 2.75) is 18.3 Å². The zero-order valence-electron chi connectivity index (χ0n) is 5.69. The minimum Gasteiger partial charge on any atom is -0.375 e. The Hall–Kier alpha value is -0.290. The van der Waals surface area contributed by atoms with Crippen molar-refractivity contribution in [2.24, 2.45) is 5.92 Å². The molecule has 0 radical (unpaired) electrons. The van der Waals surface area contributed by atoms with E-state index in [1.165, 1.54) is 0 Å². The molecule has 0 amide bonds. The maximum atomic E-state index is 12.0. The van der Waals surface area contributed by atoms with E-state index < -0.39 is 24.2 Å². The fourth-order valence-corrected chi connectivity index (χ4v) is 1.54. The van der Waals surface area contributed by atoms with Gasteiger partial charge in [0, 0.05) is 12.6 Å². The maximum Gasteiger partial charge on any atom is 0.395 e. The first-order valence-electron chi connectivity index (χ1n) is 3.52. The highest BCUT2D eigenvalue weighted by Gasteiger charge is 2.66. The molecule has 0 bridgehead atoms. The molecule has 2 nitrogen and oxygen atoms in total. The number of hydrogen-bond acceptors (Lipinski definition) is 2. The summed E-state index contributed by atoms with van der Waals surface area (Å²) in [6.07, 6.45) is -4.70. The summed E-state index contributed by atoms with van der Waals surface area (Å²) < 4.78 is 41.0. The van der Waals surface area contributed by atoms with Crippen LogP contribution >= 0.6 is 0 Å². The number of halogens is 3. The summed E-state index contributed by atoms with van der Waals surface area (Å²) in [4.78, 5) is 0. The number of nitrogens with one attached hydrogen (secondary N) is 1. The highest BCUT2D eigenvalue weighted by Crippen LogP contribution is 2.47. The Kier molecular flexibility index (Phi) is 1.41. The average Bonchev–Trinajstić information content (AvgIpc) is 2.58. The average molecular weight is 167 g/mol. The maximum absolute atomic E-state index is 12.0. The van der Waals surface area contributed by atoms with Gasteiger partial charge in [0.25, 0.3) is 0 Å². The molecule has 0 aromatic heterocycles. The van der Waals surface area contributed by atoms with E-state index in [2.05, 4.69) is 5.32 Å². The van der Waals surface area contributed by atoms with Crippen LogP contribution in [-0.2, 0) is 4.74 Å². The summed E-state index contributed by atoms with van der Waals surface area (Å²) in [5.74, 6) is -1.26. The summed E-state index contributed by atoms with van der Waals surface area (Å²) in [5.41, 5.74) is 0. The third-order valence-corrected chi connectivity index (χ3v) is 2.12. The van der Waals surface area contributed by atoms with Crippen LogP contribution in [0.5, 0.6) is 0 Å². The van der Waals surface area contributed by atoms with E-state index in [4.69, 9.17) is 4.74 Å². The first-order chi connectivity index (χ1) is 5.11. The second kappa shape index (κ2) is 2.10. The molecule has 1 aliphatic carbocycles. The Morgan fingerprint density at radius 1 is 1.36 bits per heavy atom. The highest BCUT2D eigenvalue weighted by atomic mass is 19.4. The first kappa shape index (κ1) is 7.36. The lowest BCUT2D eigenvalue weighted by Gasteiger charge is -2.09. The van der Waals surface area contributed by atoms with E-state index in [-0.39, 0.29) is 0 Å². The molecular formula is C6H8F3NO. The van der Waals surface area contributed by atoms with Crippen LogP contribution in [0.3, 0.4) is 0 Å². The van der Waals surface area contributed by atoms with Crippen LogP contribution in [0.4, 0.5) is 13.2 Å². The molecule has 3 atom stereocenters. The van der Waals surface area contributed by atoms with Crippen molar-refractivity contribution in [1.29, 1.82) is 0 Å². The Morgan fingerprint density at radius 3 is 2.55 bits per heavy atom. The van der Waals surface area contributed by atoms with E-state index in [0.29, 0.717) is 13.2 Å². The molecular weight excluding hydrogens is 159 g/mol. The van der Waals surface area contributed by atoms with Crippen molar-refractivity contribution in [3.8, 4) is 0 Å². The monoisotopic (exact) mass is 167 g/mol. The molecule has 0 unspecified atom stereocenters. The molecule has 1 saturated carbocycles. The number of morpholine rings is 1. The summed E-state index contributed by atoms with van der Waals surface area (Å²) >= 11 is 0. The van der Waals surface area contributed by atoms with Gasteiger partial charge in [-0.15, -0.1) is 0 Å². The minimum atomic E-state index is -4.09. The Bertz CT molecular complexity index is 158. The zero-order valence-corrected chi connectivity index (χ0v) is 5.69. The summed E-state index contributed by atoms with van der Waals surface area (Å²) in [7, 11) is 0. The fourth-order valence-electron chi connectivity index (χ4n) is 1.54. The fraction of sp³-hybridized carbons (Fsp3) is 1.00. The second-order valence-corrected chi connectivity index (χ2v) is 2.88. The van der Waals surface area contributed by atoms with Crippen molar-refractivity contribution >= 4 is 0 Å². The van der Waals surface area contributed by atoms with Gasteiger partial charge in [-0.05, 0) is 0 Å². The lowest BCUT2D eigenvalue weighted by Crippen LogP contribution is -2.31. The third kappa shape index (κ3) is 1.12. The number of rotatable bonds is 0. The van der Waals surface area contributed by atoms with Gasteiger partial charge in [0.05, 0.1) is 12.7 Å². The van der Waals surface area contributed by atoms with Gasteiger partial charge in [-0.25, -0.2) is 0 Å². The van der Waals surface area contributed by atoms with Gasteiger partial charge in [0.1, 0.15) is 5.92 Å². The number of fused-ring (bicyclic) bond motifs is 1. The van der Waals surface area contributed by atoms with E-state index in [0.717, 1.165) is 0 Å². The predicted molar refractivity (Wildman–Crippen MR) is 31.1 cm³/mol. The van der Waals surface area contributed by atoms with Crippen LogP contribution in [0.1, 0.15) is 0 Å². The van der Waals surface area contributed by atoms with Gasteiger partial charge in [0.15, 0.2) is 0 Å². The first-order valence-corrected chi connectivity index (χ1v) is 3.52. The standard InChI is InChI=1S/C6H8F3NO/c7-6(8,9)3-4-5(3)11-2-1-10-4/h3-5,10H,1-2H2/t3-,4-,5-/m1/s1. The van der Waals surface area contributed by atoms with Gasteiger partial charge in [-0.1, -0.05) is 0 Å². The highest BCUT2D eigenvalue weighted by molar-refractivity contribution is 5.10. The van der Waals surface area contributed by atoms with Crippen molar-refractivity contribution < 1.29 is 17.9 Å². The smallest absolute Gasteiger partial charge is 0.375 e. The van der Waals surface area contributed by atoms with E-state index in [9.17, 15) is 13.2 Å². The Morgan fingerprint density at radius 2 is 2.09 bits per heavy atom. The third-order valence-electron chi connectivity index (χ3n) is 2.12. The van der Waals surface area contributed by atoms with Gasteiger partial charge in [0.2, 0.25) is 0 Å². The molecule has 0 aromatic carbocycles. The molecule has 64 valence electrons. The summed E-state index contributed by atoms with van der Waals surface area (Å²) in [6, 6.07) is -0.469. The van der Waals surface area contributed by atoms with E-state index >= 15 is 0 Å². The SMILES string of the molecule is FC(F)(F)[C@@H]1[C@H]2NCCO[C@@H]21. The van der Waals surface area contributed by atoms with Gasteiger partial charge < -0.3 is 10.1 Å². The van der Waals surface area contributed by atoms with Crippen LogP contribution in [0.25, 0.3) is 0 Å². The molecule has 11 heavy (non-hydrogen) atoms. The lowest BCUT2D eigenvalue weighted by molar-refractivity contribution is -0.156. The molecule has 1 N–H and O–H groups in total. The van der Waals surface area contributed by atoms with Crippen molar-refractivity contribution in [1.82, 2.24) is 5.32 Å². The Balaban J connectivity index is 2.00. The number of hydrogen-bond donors (Lipinski definition) is 1. The molecule has 5 heteroatoms. The molecule has 1 heterocycles. The number of alkyl halides is 3. The van der Waals surface area contributed by atoms with Crippen molar-refractivity contribution in [2.75, 3.05) is 13.2 Å². The molecule has 2 fully saturated rings. The van der Waals surface area contributed by atoms with Crippen molar-refractivity contribution in [3.63, 3.8) is 0 Å². The topological polar surface area (TPSA) is 21.3 Å². The minimum absolute atomic E-state index is 0.397. The lowest BCUT2D eigenvalue weighted by atomic mass is 10.4. The Labute approximate surface area is 61.7 Å². The van der Waals surface area contributed by atoms with E-state index in [1.807, 2.05) is 0 Å². The van der Waals surface area contributed by atoms with Crippen LogP contribution < -0.4 is 5.32 Å². The quantitative estimate of drug-likeness (QED) is 0.568. The second-order valence-electron chi connectivity index (χ2n) is 2.88. The van der Waals surface area contributed by atoms with Crippen LogP contribution in [0, 0.1) is 5.92 Å². The van der Waals surface area contributed by atoms with Gasteiger partial charge in [-0.3, -0.25) is 0 Å². The van der Waals surface area contributed by atoms with Gasteiger partial charge in [-0.2, -0.15) is 13.2 Å². The van der Waals surface area contributed by atoms with Crippen molar-refractivity contribution in [3.05, 3.63) is 0 Å². The normalized spacial score (nSPS) is 43.4.